The Hall–Kier alpha value is -1.52. The minimum absolute atomic E-state index is 0. The van der Waals surface area contributed by atoms with Crippen LogP contribution in [0.5, 0.6) is 5.75 Å². The molecule has 0 bridgehead atoms. The van der Waals surface area contributed by atoms with Crippen LogP contribution in [0.2, 0.25) is 0 Å². The summed E-state index contributed by atoms with van der Waals surface area (Å²) in [7, 11) is 0. The second-order valence-electron chi connectivity index (χ2n) is 6.99. The van der Waals surface area contributed by atoms with E-state index >= 15 is 0 Å². The predicted molar refractivity (Wildman–Crippen MR) is 119 cm³/mol. The Morgan fingerprint density at radius 3 is 2.58 bits per heavy atom. The zero-order valence-corrected chi connectivity index (χ0v) is 16.9. The van der Waals surface area contributed by atoms with Gasteiger partial charge < -0.3 is 24.4 Å². The number of benzene rings is 2. The fourth-order valence-corrected chi connectivity index (χ4v) is 3.96. The molecule has 0 aliphatic carbocycles. The van der Waals surface area contributed by atoms with E-state index in [0.717, 1.165) is 21.7 Å². The second kappa shape index (κ2) is 10.9. The third-order valence-corrected chi connectivity index (χ3v) is 5.76. The summed E-state index contributed by atoms with van der Waals surface area (Å²) in [5, 5.41) is 20.8. The Balaban J connectivity index is 0.00000272. The summed E-state index contributed by atoms with van der Waals surface area (Å²) in [5.41, 5.74) is 2.82. The van der Waals surface area contributed by atoms with E-state index in [0.29, 0.717) is 31.3 Å². The van der Waals surface area contributed by atoms with Crippen LogP contribution in [0.1, 0.15) is 16.8 Å². The van der Waals surface area contributed by atoms with Crippen molar-refractivity contribution in [3.05, 3.63) is 70.7 Å². The second-order valence-corrected chi connectivity index (χ2v) is 7.84. The summed E-state index contributed by atoms with van der Waals surface area (Å²) in [6.45, 7) is 0.639. The summed E-state index contributed by atoms with van der Waals surface area (Å²) in [5.74, 6) is -0.302. The SMILES string of the molecule is O=C(O)COC1(c2ccc(OCc3cccc(-c4nc(CO)cs4)c3)cc2)COC1.[CaH2]. The maximum atomic E-state index is 10.8. The zero-order valence-electron chi connectivity index (χ0n) is 16.1. The zero-order chi connectivity index (χ0) is 21.0. The molecule has 1 aliphatic rings. The Kier molecular flexibility index (Phi) is 8.46. The predicted octanol–water partition coefficient (Wildman–Crippen LogP) is 2.29. The molecule has 2 N–H and O–H groups in total. The summed E-state index contributed by atoms with van der Waals surface area (Å²) >= 11 is 1.50. The van der Waals surface area contributed by atoms with Crippen molar-refractivity contribution in [3.63, 3.8) is 0 Å². The average Bonchev–Trinajstić information content (AvgIpc) is 3.22. The number of aliphatic carboxylic acids is 1. The molecule has 1 fully saturated rings. The number of thiazole rings is 1. The van der Waals surface area contributed by atoms with E-state index in [1.807, 2.05) is 53.9 Å². The van der Waals surface area contributed by atoms with Gasteiger partial charge in [-0.05, 0) is 29.3 Å². The van der Waals surface area contributed by atoms with E-state index in [1.54, 1.807) is 0 Å². The van der Waals surface area contributed by atoms with Crippen molar-refractivity contribution >= 4 is 55.0 Å². The summed E-state index contributed by atoms with van der Waals surface area (Å²) in [6.07, 6.45) is 0. The molecule has 0 spiro atoms. The number of hydrogen-bond donors (Lipinski definition) is 2. The number of carboxylic acids is 1. The van der Waals surface area contributed by atoms with Crippen LogP contribution in [-0.4, -0.2) is 78.7 Å². The van der Waals surface area contributed by atoms with Gasteiger partial charge in [-0.2, -0.15) is 0 Å². The first-order valence-corrected chi connectivity index (χ1v) is 10.3. The molecule has 4 rings (SSSR count). The number of aliphatic hydroxyl groups excluding tert-OH is 1. The molecule has 0 atom stereocenters. The van der Waals surface area contributed by atoms with Gasteiger partial charge in [-0.25, -0.2) is 9.78 Å². The number of hydrogen-bond acceptors (Lipinski definition) is 7. The first kappa shape index (κ1) is 24.1. The molecule has 7 nitrogen and oxygen atoms in total. The third-order valence-electron chi connectivity index (χ3n) is 4.82. The van der Waals surface area contributed by atoms with Crippen LogP contribution in [0.15, 0.2) is 53.9 Å². The van der Waals surface area contributed by atoms with Crippen LogP contribution in [0.25, 0.3) is 10.6 Å². The summed E-state index contributed by atoms with van der Waals surface area (Å²) < 4.78 is 16.7. The van der Waals surface area contributed by atoms with Crippen molar-refractivity contribution in [2.24, 2.45) is 0 Å². The Bertz CT molecular complexity index is 1020. The molecule has 3 aromatic rings. The van der Waals surface area contributed by atoms with E-state index in [4.69, 9.17) is 19.3 Å². The molecule has 0 saturated carbocycles. The fourth-order valence-electron chi connectivity index (χ4n) is 3.15. The average molecular weight is 470 g/mol. The molecule has 0 radical (unpaired) electrons. The van der Waals surface area contributed by atoms with Crippen LogP contribution in [0.4, 0.5) is 0 Å². The molecule has 1 aliphatic heterocycles. The number of aromatic nitrogens is 1. The molecule has 160 valence electrons. The van der Waals surface area contributed by atoms with Gasteiger partial charge in [0.25, 0.3) is 0 Å². The van der Waals surface area contributed by atoms with E-state index < -0.39 is 11.6 Å². The van der Waals surface area contributed by atoms with Crippen molar-refractivity contribution < 1.29 is 29.2 Å². The number of ether oxygens (including phenoxy) is 3. The standard InChI is InChI=1S/C22H21NO6S.Ca.2H/c24-9-18-12-30-21(23-18)16-3-1-2-15(8-16)10-28-19-6-4-17(5-7-19)22(13-27-14-22)29-11-20(25)26;;;/h1-8,12,24H,9-11,13-14H2,(H,25,26);;;. The molecule has 9 heteroatoms. The summed E-state index contributed by atoms with van der Waals surface area (Å²) in [4.78, 5) is 15.2. The van der Waals surface area contributed by atoms with Crippen LogP contribution in [0, 0.1) is 0 Å². The van der Waals surface area contributed by atoms with Gasteiger partial charge in [-0.3, -0.25) is 0 Å². The van der Waals surface area contributed by atoms with Crippen molar-refractivity contribution in [1.82, 2.24) is 4.98 Å². The molecule has 1 aromatic heterocycles. The third kappa shape index (κ3) is 5.84. The Labute approximate surface area is 213 Å². The van der Waals surface area contributed by atoms with Gasteiger partial charge in [0.1, 0.15) is 29.6 Å². The van der Waals surface area contributed by atoms with Crippen molar-refractivity contribution in [3.8, 4) is 16.3 Å². The molecule has 0 amide bonds. The van der Waals surface area contributed by atoms with Gasteiger partial charge in [0.2, 0.25) is 0 Å². The molecule has 2 aromatic carbocycles. The topological polar surface area (TPSA) is 98.1 Å². The fraction of sp³-hybridized carbons (Fsp3) is 0.273. The van der Waals surface area contributed by atoms with Gasteiger partial charge >= 0.3 is 43.7 Å². The van der Waals surface area contributed by atoms with E-state index in [1.165, 1.54) is 11.3 Å². The number of aliphatic hydroxyl groups is 1. The van der Waals surface area contributed by atoms with Gasteiger partial charge in [-0.1, -0.05) is 30.3 Å². The molecule has 0 unspecified atom stereocenters. The van der Waals surface area contributed by atoms with Gasteiger partial charge in [0.05, 0.1) is 25.5 Å². The monoisotopic (exact) mass is 469 g/mol. The van der Waals surface area contributed by atoms with Gasteiger partial charge in [0.15, 0.2) is 0 Å². The number of nitrogens with zero attached hydrogens (tertiary/aromatic N) is 1. The molecular weight excluding hydrogens is 446 g/mol. The van der Waals surface area contributed by atoms with E-state index in [9.17, 15) is 9.90 Å². The van der Waals surface area contributed by atoms with E-state index in [2.05, 4.69) is 4.98 Å². The number of carboxylic acid groups (broad SMARTS) is 1. The first-order chi connectivity index (χ1) is 14.6. The Morgan fingerprint density at radius 1 is 1.19 bits per heavy atom. The Morgan fingerprint density at radius 2 is 1.97 bits per heavy atom. The van der Waals surface area contributed by atoms with Crippen molar-refractivity contribution in [1.29, 1.82) is 0 Å². The van der Waals surface area contributed by atoms with Crippen molar-refractivity contribution in [2.75, 3.05) is 19.8 Å². The van der Waals surface area contributed by atoms with Crippen LogP contribution >= 0.6 is 11.3 Å². The molecule has 1 saturated heterocycles. The number of carbonyl (C=O) groups is 1. The minimum atomic E-state index is -1.01. The summed E-state index contributed by atoms with van der Waals surface area (Å²) in [6, 6.07) is 15.4. The quantitative estimate of drug-likeness (QED) is 0.464. The molecular formula is C22H23CaNO6S. The van der Waals surface area contributed by atoms with Gasteiger partial charge in [-0.15, -0.1) is 11.3 Å². The maximum absolute atomic E-state index is 10.8. The van der Waals surface area contributed by atoms with Crippen LogP contribution < -0.4 is 4.74 Å². The van der Waals surface area contributed by atoms with Crippen LogP contribution in [0.3, 0.4) is 0 Å². The normalized spacial score (nSPS) is 14.4. The number of rotatable bonds is 9. The van der Waals surface area contributed by atoms with Crippen molar-refractivity contribution in [2.45, 2.75) is 18.8 Å². The first-order valence-electron chi connectivity index (χ1n) is 9.39. The van der Waals surface area contributed by atoms with Gasteiger partial charge in [0, 0.05) is 10.9 Å². The van der Waals surface area contributed by atoms with E-state index in [-0.39, 0.29) is 51.0 Å². The molecule has 31 heavy (non-hydrogen) atoms. The van der Waals surface area contributed by atoms with Crippen LogP contribution in [-0.2, 0) is 33.1 Å². The molecule has 2 heterocycles.